The van der Waals surface area contributed by atoms with E-state index in [1.807, 2.05) is 0 Å². The van der Waals surface area contributed by atoms with Crippen molar-refractivity contribution in [3.05, 3.63) is 12.7 Å². The Hall–Kier alpha value is -1.89. The van der Waals surface area contributed by atoms with Gasteiger partial charge in [-0.1, -0.05) is 6.08 Å². The zero-order chi connectivity index (χ0) is 9.84. The predicted octanol–water partition coefficient (Wildman–Crippen LogP) is -0.582. The fourth-order valence-electron chi connectivity index (χ4n) is 0.717. The number of hydrogen-bond acceptors (Lipinski definition) is 7. The Morgan fingerprint density at radius 1 is 1.31 bits per heavy atom. The summed E-state index contributed by atoms with van der Waals surface area (Å²) >= 11 is 0. The lowest BCUT2D eigenvalue weighted by atomic mass is 10.6. The molecular weight excluding hydrogens is 172 g/mol. The molecule has 0 atom stereocenters. The quantitative estimate of drug-likeness (QED) is 0.423. The van der Waals surface area contributed by atoms with Gasteiger partial charge in [0.25, 0.3) is 5.95 Å². The summed E-state index contributed by atoms with van der Waals surface area (Å²) in [6.07, 6.45) is 1.48. The maximum absolute atomic E-state index is 9.27. The average Bonchev–Trinajstić information content (AvgIpc) is 2.03. The second-order valence-electron chi connectivity index (χ2n) is 2.22. The number of hydrogen-bond donors (Lipinski definition) is 3. The van der Waals surface area contributed by atoms with Crippen LogP contribution in [0.15, 0.2) is 12.7 Å². The number of anilines is 3. The maximum atomic E-state index is 9.27. The molecule has 0 saturated heterocycles. The molecule has 0 aromatic carbocycles. The van der Waals surface area contributed by atoms with E-state index in [2.05, 4.69) is 21.5 Å². The van der Waals surface area contributed by atoms with Crippen molar-refractivity contribution >= 4 is 17.8 Å². The minimum absolute atomic E-state index is 0.00454. The number of aromatic nitrogens is 3. The number of nitrogen functional groups attached to an aromatic ring is 2. The number of rotatable bonds is 3. The van der Waals surface area contributed by atoms with E-state index in [4.69, 9.17) is 11.5 Å². The Balaban J connectivity index is 2.93. The van der Waals surface area contributed by atoms with Gasteiger partial charge < -0.3 is 11.5 Å². The van der Waals surface area contributed by atoms with Crippen molar-refractivity contribution in [3.63, 3.8) is 0 Å². The van der Waals surface area contributed by atoms with Crippen molar-refractivity contribution in [2.75, 3.05) is 23.1 Å². The molecule has 0 amide bonds. The lowest BCUT2D eigenvalue weighted by Crippen LogP contribution is -2.21. The van der Waals surface area contributed by atoms with Gasteiger partial charge >= 0.3 is 0 Å². The van der Waals surface area contributed by atoms with E-state index in [0.717, 1.165) is 5.06 Å². The molecule has 1 heterocycles. The van der Waals surface area contributed by atoms with Gasteiger partial charge in [-0.25, -0.2) is 5.06 Å². The molecule has 1 aromatic rings. The van der Waals surface area contributed by atoms with E-state index in [1.54, 1.807) is 0 Å². The van der Waals surface area contributed by atoms with Gasteiger partial charge in [-0.05, 0) is 0 Å². The topological polar surface area (TPSA) is 114 Å². The minimum Gasteiger partial charge on any atom is -0.368 e. The summed E-state index contributed by atoms with van der Waals surface area (Å²) in [7, 11) is 0. The van der Waals surface area contributed by atoms with E-state index in [0.29, 0.717) is 0 Å². The molecule has 0 bridgehead atoms. The zero-order valence-electron chi connectivity index (χ0n) is 6.88. The summed E-state index contributed by atoms with van der Waals surface area (Å²) in [6.45, 7) is 3.62. The van der Waals surface area contributed by atoms with Gasteiger partial charge in [-0.3, -0.25) is 5.21 Å². The summed E-state index contributed by atoms with van der Waals surface area (Å²) in [5.74, 6) is -0.0684. The maximum Gasteiger partial charge on any atom is 0.256 e. The largest absolute Gasteiger partial charge is 0.368 e. The normalized spacial score (nSPS) is 9.62. The predicted molar refractivity (Wildman–Crippen MR) is 48.0 cm³/mol. The molecule has 1 rings (SSSR count). The Bertz CT molecular complexity index is 294. The first-order valence-corrected chi connectivity index (χ1v) is 3.48. The molecule has 0 aliphatic carbocycles. The molecular formula is C6H10N6O. The molecule has 1 aromatic heterocycles. The molecule has 13 heavy (non-hydrogen) atoms. The minimum atomic E-state index is -0.0365. The first-order valence-electron chi connectivity index (χ1n) is 3.48. The van der Waals surface area contributed by atoms with E-state index in [9.17, 15) is 5.21 Å². The van der Waals surface area contributed by atoms with Gasteiger partial charge in [-0.15, -0.1) is 6.58 Å². The van der Waals surface area contributed by atoms with Crippen LogP contribution >= 0.6 is 0 Å². The Kier molecular flexibility index (Phi) is 2.60. The van der Waals surface area contributed by atoms with Crippen LogP contribution in [0.3, 0.4) is 0 Å². The number of nitrogens with zero attached hydrogens (tertiary/aromatic N) is 4. The van der Waals surface area contributed by atoms with Gasteiger partial charge in [0.2, 0.25) is 11.9 Å². The highest BCUT2D eigenvalue weighted by Gasteiger charge is 2.06. The first-order chi connectivity index (χ1) is 6.13. The van der Waals surface area contributed by atoms with Crippen LogP contribution in [-0.4, -0.2) is 26.7 Å². The molecule has 70 valence electrons. The van der Waals surface area contributed by atoms with Crippen LogP contribution in [0.4, 0.5) is 17.8 Å². The lowest BCUT2D eigenvalue weighted by Gasteiger charge is -2.11. The van der Waals surface area contributed by atoms with E-state index < -0.39 is 0 Å². The van der Waals surface area contributed by atoms with Crippen LogP contribution < -0.4 is 16.5 Å². The van der Waals surface area contributed by atoms with Crippen LogP contribution in [0.2, 0.25) is 0 Å². The molecule has 0 spiro atoms. The van der Waals surface area contributed by atoms with Crippen molar-refractivity contribution in [2.45, 2.75) is 0 Å². The van der Waals surface area contributed by atoms with Gasteiger partial charge in [0.15, 0.2) is 0 Å². The van der Waals surface area contributed by atoms with Gasteiger partial charge in [0.05, 0.1) is 6.54 Å². The molecule has 0 saturated carbocycles. The highest BCUT2D eigenvalue weighted by Crippen LogP contribution is 2.07. The lowest BCUT2D eigenvalue weighted by molar-refractivity contribution is 0.259. The van der Waals surface area contributed by atoms with E-state index >= 15 is 0 Å². The molecule has 5 N–H and O–H groups in total. The summed E-state index contributed by atoms with van der Waals surface area (Å²) in [5, 5.41) is 10.0. The highest BCUT2D eigenvalue weighted by molar-refractivity contribution is 5.37. The molecule has 7 heteroatoms. The standard InChI is InChI=1S/C6H10N6O/c1-2-3-12(13)6-10-4(7)9-5(8)11-6/h2,13H,1,3H2,(H4,7,8,9,10,11). The molecule has 0 aliphatic heterocycles. The van der Waals surface area contributed by atoms with Crippen LogP contribution in [-0.2, 0) is 0 Å². The molecule has 0 aliphatic rings. The number of hydroxylamine groups is 1. The zero-order valence-corrected chi connectivity index (χ0v) is 6.88. The first kappa shape index (κ1) is 9.20. The molecule has 0 unspecified atom stereocenters. The van der Waals surface area contributed by atoms with Crippen molar-refractivity contribution in [1.29, 1.82) is 0 Å². The summed E-state index contributed by atoms with van der Waals surface area (Å²) in [5.41, 5.74) is 10.6. The van der Waals surface area contributed by atoms with Crippen LogP contribution in [0.5, 0.6) is 0 Å². The average molecular weight is 182 g/mol. The van der Waals surface area contributed by atoms with Crippen molar-refractivity contribution < 1.29 is 5.21 Å². The third-order valence-corrected chi connectivity index (χ3v) is 1.19. The number of nitrogens with two attached hydrogens (primary N) is 2. The highest BCUT2D eigenvalue weighted by atomic mass is 16.5. The van der Waals surface area contributed by atoms with Crippen molar-refractivity contribution in [3.8, 4) is 0 Å². The monoisotopic (exact) mass is 182 g/mol. The van der Waals surface area contributed by atoms with Gasteiger partial charge in [-0.2, -0.15) is 15.0 Å². The fraction of sp³-hybridized carbons (Fsp3) is 0.167. The SMILES string of the molecule is C=CCN(O)c1nc(N)nc(N)n1. The Labute approximate surface area is 74.7 Å². The molecule has 0 fully saturated rings. The van der Waals surface area contributed by atoms with E-state index in [1.165, 1.54) is 6.08 Å². The summed E-state index contributed by atoms with van der Waals surface area (Å²) in [6, 6.07) is 0. The molecule has 7 nitrogen and oxygen atoms in total. The van der Waals surface area contributed by atoms with Crippen LogP contribution in [0.25, 0.3) is 0 Å². The third-order valence-electron chi connectivity index (χ3n) is 1.19. The Morgan fingerprint density at radius 3 is 2.31 bits per heavy atom. The Morgan fingerprint density at radius 2 is 1.85 bits per heavy atom. The van der Waals surface area contributed by atoms with Gasteiger partial charge in [0.1, 0.15) is 0 Å². The second-order valence-corrected chi connectivity index (χ2v) is 2.22. The van der Waals surface area contributed by atoms with Gasteiger partial charge in [0, 0.05) is 0 Å². The van der Waals surface area contributed by atoms with E-state index in [-0.39, 0.29) is 24.4 Å². The van der Waals surface area contributed by atoms with Crippen LogP contribution in [0.1, 0.15) is 0 Å². The summed E-state index contributed by atoms with van der Waals surface area (Å²) in [4.78, 5) is 10.9. The van der Waals surface area contributed by atoms with Crippen LogP contribution in [0, 0.1) is 0 Å². The smallest absolute Gasteiger partial charge is 0.256 e. The van der Waals surface area contributed by atoms with Crippen molar-refractivity contribution in [2.24, 2.45) is 0 Å². The summed E-state index contributed by atoms with van der Waals surface area (Å²) < 4.78 is 0. The molecule has 0 radical (unpaired) electrons. The van der Waals surface area contributed by atoms with Crippen molar-refractivity contribution in [1.82, 2.24) is 15.0 Å². The third kappa shape index (κ3) is 2.27. The second kappa shape index (κ2) is 3.68. The fourth-order valence-corrected chi connectivity index (χ4v) is 0.717.